The zero-order chi connectivity index (χ0) is 17.1. The van der Waals surface area contributed by atoms with Crippen LogP contribution in [0.1, 0.15) is 0 Å². The summed E-state index contributed by atoms with van der Waals surface area (Å²) in [4.78, 5) is 14.4. The number of nitrogens with one attached hydrogen (secondary N) is 1. The molecule has 1 unspecified atom stereocenters. The van der Waals surface area contributed by atoms with Crippen LogP contribution in [0.3, 0.4) is 0 Å². The lowest BCUT2D eigenvalue weighted by atomic mass is 10.2. The number of halogens is 4. The molecule has 22 heavy (non-hydrogen) atoms. The largest absolute Gasteiger partial charge is 0.416 e. The van der Waals surface area contributed by atoms with E-state index < -0.39 is 24.9 Å². The lowest BCUT2D eigenvalue weighted by Gasteiger charge is -2.24. The van der Waals surface area contributed by atoms with Crippen LogP contribution >= 0.6 is 11.6 Å². The Morgan fingerprint density at radius 3 is 2.45 bits per heavy atom. The molecule has 1 aromatic rings. The van der Waals surface area contributed by atoms with E-state index in [-0.39, 0.29) is 0 Å². The fourth-order valence-electron chi connectivity index (χ4n) is 1.65. The van der Waals surface area contributed by atoms with Crippen LogP contribution in [-0.4, -0.2) is 56.0 Å². The number of aliphatic hydroxyl groups excluding tert-OH is 1. The second-order valence-corrected chi connectivity index (χ2v) is 5.36. The standard InChI is InChI=1S/C13H17ClF3N3O2/c1-19(2)10-5-4-8(14)6-9(10)18-12(22)20(3)7-11(21)13(15,16)17/h4-6,11,21H,7H2,1-3H3,(H,18,22). The number of carbonyl (C=O) groups is 1. The topological polar surface area (TPSA) is 55.8 Å². The minimum absolute atomic E-state index is 0.357. The molecular weight excluding hydrogens is 323 g/mol. The molecule has 2 N–H and O–H groups in total. The molecular formula is C13H17ClF3N3O2. The zero-order valence-corrected chi connectivity index (χ0v) is 13.0. The quantitative estimate of drug-likeness (QED) is 0.887. The second-order valence-electron chi connectivity index (χ2n) is 4.92. The molecule has 0 aromatic heterocycles. The summed E-state index contributed by atoms with van der Waals surface area (Å²) in [5, 5.41) is 11.8. The van der Waals surface area contributed by atoms with Crippen LogP contribution in [0.4, 0.5) is 29.3 Å². The monoisotopic (exact) mass is 339 g/mol. The van der Waals surface area contributed by atoms with Gasteiger partial charge in [0.1, 0.15) is 0 Å². The number of rotatable bonds is 4. The molecule has 0 spiro atoms. The molecule has 2 amide bonds. The van der Waals surface area contributed by atoms with Crippen LogP contribution in [-0.2, 0) is 0 Å². The molecule has 0 radical (unpaired) electrons. The normalized spacial score (nSPS) is 12.7. The van der Waals surface area contributed by atoms with Crippen molar-refractivity contribution < 1.29 is 23.1 Å². The molecule has 124 valence electrons. The van der Waals surface area contributed by atoms with Crippen LogP contribution < -0.4 is 10.2 Å². The van der Waals surface area contributed by atoms with Crippen molar-refractivity contribution >= 4 is 29.0 Å². The fraction of sp³-hybridized carbons (Fsp3) is 0.462. The van der Waals surface area contributed by atoms with E-state index in [4.69, 9.17) is 16.7 Å². The number of aliphatic hydroxyl groups is 1. The summed E-state index contributed by atoms with van der Waals surface area (Å²) in [6, 6.07) is 4.00. The number of carbonyl (C=O) groups excluding carboxylic acids is 1. The van der Waals surface area contributed by atoms with Gasteiger partial charge in [0.05, 0.1) is 17.9 Å². The summed E-state index contributed by atoms with van der Waals surface area (Å²) in [5.41, 5.74) is 0.998. The van der Waals surface area contributed by atoms with Gasteiger partial charge in [-0.25, -0.2) is 4.79 Å². The Kier molecular flexibility index (Phi) is 5.90. The number of alkyl halides is 3. The van der Waals surface area contributed by atoms with E-state index in [0.29, 0.717) is 16.4 Å². The number of nitrogens with zero attached hydrogens (tertiary/aromatic N) is 2. The third-order valence-electron chi connectivity index (χ3n) is 2.85. The first-order chi connectivity index (χ1) is 10.0. The molecule has 0 aliphatic carbocycles. The van der Waals surface area contributed by atoms with Crippen LogP contribution in [0.2, 0.25) is 5.02 Å². The van der Waals surface area contributed by atoms with E-state index in [1.165, 1.54) is 6.07 Å². The van der Waals surface area contributed by atoms with E-state index in [9.17, 15) is 18.0 Å². The Bertz CT molecular complexity index is 538. The predicted molar refractivity (Wildman–Crippen MR) is 79.5 cm³/mol. The molecule has 1 atom stereocenters. The number of benzene rings is 1. The summed E-state index contributed by atoms with van der Waals surface area (Å²) in [6.45, 7) is -0.868. The van der Waals surface area contributed by atoms with Crippen molar-refractivity contribution in [3.8, 4) is 0 Å². The molecule has 0 aliphatic rings. The highest BCUT2D eigenvalue weighted by atomic mass is 35.5. The molecule has 0 heterocycles. The summed E-state index contributed by atoms with van der Waals surface area (Å²) < 4.78 is 36.9. The Labute approximate surface area is 131 Å². The summed E-state index contributed by atoms with van der Waals surface area (Å²) in [6.07, 6.45) is -7.38. The highest BCUT2D eigenvalue weighted by Gasteiger charge is 2.39. The highest BCUT2D eigenvalue weighted by molar-refractivity contribution is 6.31. The average Bonchev–Trinajstić information content (AvgIpc) is 2.36. The van der Waals surface area contributed by atoms with Gasteiger partial charge in [0.25, 0.3) is 0 Å². The molecule has 0 saturated carbocycles. The van der Waals surface area contributed by atoms with Gasteiger partial charge in [0.2, 0.25) is 0 Å². The number of anilines is 2. The maximum atomic E-state index is 12.3. The van der Waals surface area contributed by atoms with E-state index in [2.05, 4.69) is 5.32 Å². The molecule has 5 nitrogen and oxygen atoms in total. The highest BCUT2D eigenvalue weighted by Crippen LogP contribution is 2.28. The molecule has 0 saturated heterocycles. The van der Waals surface area contributed by atoms with Crippen molar-refractivity contribution in [2.45, 2.75) is 12.3 Å². The third kappa shape index (κ3) is 4.96. The van der Waals surface area contributed by atoms with E-state index in [1.54, 1.807) is 31.1 Å². The number of amides is 2. The Balaban J connectivity index is 2.82. The molecule has 1 rings (SSSR count). The van der Waals surface area contributed by atoms with Crippen molar-refractivity contribution in [3.63, 3.8) is 0 Å². The maximum Gasteiger partial charge on any atom is 0.416 e. The van der Waals surface area contributed by atoms with Crippen molar-refractivity contribution in [2.75, 3.05) is 37.9 Å². The van der Waals surface area contributed by atoms with Crippen LogP contribution in [0.5, 0.6) is 0 Å². The van der Waals surface area contributed by atoms with Gasteiger partial charge in [0, 0.05) is 26.2 Å². The molecule has 9 heteroatoms. The number of urea groups is 1. The van der Waals surface area contributed by atoms with Gasteiger partial charge >= 0.3 is 12.2 Å². The summed E-state index contributed by atoms with van der Waals surface area (Å²) in [5.74, 6) is 0. The number of likely N-dealkylation sites (N-methyl/N-ethyl adjacent to an activating group) is 1. The fourth-order valence-corrected chi connectivity index (χ4v) is 1.83. The molecule has 1 aromatic carbocycles. The van der Waals surface area contributed by atoms with Gasteiger partial charge in [-0.2, -0.15) is 13.2 Å². The molecule has 0 bridgehead atoms. The SMILES string of the molecule is CN(CC(O)C(F)(F)F)C(=O)Nc1cc(Cl)ccc1N(C)C. The minimum atomic E-state index is -4.78. The first-order valence-corrected chi connectivity index (χ1v) is 6.64. The summed E-state index contributed by atoms with van der Waals surface area (Å²) in [7, 11) is 4.65. The summed E-state index contributed by atoms with van der Waals surface area (Å²) >= 11 is 5.86. The van der Waals surface area contributed by atoms with Crippen molar-refractivity contribution in [2.24, 2.45) is 0 Å². The van der Waals surface area contributed by atoms with E-state index in [0.717, 1.165) is 11.9 Å². The van der Waals surface area contributed by atoms with Gasteiger partial charge in [-0.05, 0) is 18.2 Å². The van der Waals surface area contributed by atoms with Crippen molar-refractivity contribution in [3.05, 3.63) is 23.2 Å². The Morgan fingerprint density at radius 1 is 1.36 bits per heavy atom. The van der Waals surface area contributed by atoms with Crippen LogP contribution in [0.15, 0.2) is 18.2 Å². The second kappa shape index (κ2) is 7.06. The van der Waals surface area contributed by atoms with Crippen LogP contribution in [0, 0.1) is 0 Å². The van der Waals surface area contributed by atoms with Gasteiger partial charge in [-0.15, -0.1) is 0 Å². The van der Waals surface area contributed by atoms with Gasteiger partial charge < -0.3 is 20.2 Å². The van der Waals surface area contributed by atoms with Gasteiger partial charge in [0.15, 0.2) is 6.10 Å². The minimum Gasteiger partial charge on any atom is -0.382 e. The Morgan fingerprint density at radius 2 is 1.95 bits per heavy atom. The number of hydrogen-bond donors (Lipinski definition) is 2. The van der Waals surface area contributed by atoms with Crippen LogP contribution in [0.25, 0.3) is 0 Å². The molecule has 0 aliphatic heterocycles. The predicted octanol–water partition coefficient (Wildman–Crippen LogP) is 2.79. The van der Waals surface area contributed by atoms with E-state index >= 15 is 0 Å². The lowest BCUT2D eigenvalue weighted by Crippen LogP contribution is -2.43. The van der Waals surface area contributed by atoms with Crippen molar-refractivity contribution in [1.82, 2.24) is 4.90 Å². The van der Waals surface area contributed by atoms with Gasteiger partial charge in [-0.1, -0.05) is 11.6 Å². The lowest BCUT2D eigenvalue weighted by molar-refractivity contribution is -0.205. The maximum absolute atomic E-state index is 12.3. The Hall–Kier alpha value is -1.67. The zero-order valence-electron chi connectivity index (χ0n) is 12.3. The smallest absolute Gasteiger partial charge is 0.382 e. The van der Waals surface area contributed by atoms with Crippen molar-refractivity contribution in [1.29, 1.82) is 0 Å². The number of hydrogen-bond acceptors (Lipinski definition) is 3. The first-order valence-electron chi connectivity index (χ1n) is 6.26. The van der Waals surface area contributed by atoms with Gasteiger partial charge in [-0.3, -0.25) is 0 Å². The third-order valence-corrected chi connectivity index (χ3v) is 3.09. The molecule has 0 fully saturated rings. The van der Waals surface area contributed by atoms with E-state index in [1.807, 2.05) is 0 Å². The first kappa shape index (κ1) is 18.4. The average molecular weight is 340 g/mol.